The Bertz CT molecular complexity index is 1610. The smallest absolute Gasteiger partial charge is 0.266 e. The van der Waals surface area contributed by atoms with Crippen LogP contribution in [0, 0.1) is 0 Å². The van der Waals surface area contributed by atoms with E-state index in [1.165, 1.54) is 24.5 Å². The average Bonchev–Trinajstić information content (AvgIpc) is 3.39. The third-order valence-corrected chi connectivity index (χ3v) is 10.2. The van der Waals surface area contributed by atoms with Gasteiger partial charge in [-0.3, -0.25) is 14.0 Å². The minimum atomic E-state index is -4.27. The Labute approximate surface area is 253 Å². The summed E-state index contributed by atoms with van der Waals surface area (Å²) >= 11 is 18.3. The van der Waals surface area contributed by atoms with E-state index >= 15 is 0 Å². The van der Waals surface area contributed by atoms with Gasteiger partial charge in [0.2, 0.25) is 5.91 Å². The van der Waals surface area contributed by atoms with Crippen LogP contribution in [0.2, 0.25) is 15.1 Å². The van der Waals surface area contributed by atoms with Crippen molar-refractivity contribution in [3.05, 3.63) is 80.8 Å². The fourth-order valence-corrected chi connectivity index (χ4v) is 7.20. The molecule has 14 heteroatoms. The average molecular weight is 640 g/mol. The zero-order valence-corrected chi connectivity index (χ0v) is 25.7. The number of carbonyl (C=O) groups is 1. The normalized spacial score (nSPS) is 18.9. The first-order valence-corrected chi connectivity index (χ1v) is 15.5. The molecule has 5 rings (SSSR count). The van der Waals surface area contributed by atoms with Crippen LogP contribution in [0.5, 0.6) is 5.75 Å². The van der Waals surface area contributed by atoms with E-state index in [-0.39, 0.29) is 32.4 Å². The van der Waals surface area contributed by atoms with Gasteiger partial charge in [0.15, 0.2) is 0 Å². The van der Waals surface area contributed by atoms with E-state index in [4.69, 9.17) is 39.5 Å². The summed E-state index contributed by atoms with van der Waals surface area (Å²) in [7, 11) is -2.19. The third-order valence-electron chi connectivity index (χ3n) is 7.27. The number of hydrogen-bond acceptors (Lipinski definition) is 7. The first-order valence-electron chi connectivity index (χ1n) is 13.0. The van der Waals surface area contributed by atoms with Crippen LogP contribution in [0.25, 0.3) is 0 Å². The fourth-order valence-electron chi connectivity index (χ4n) is 4.77. The van der Waals surface area contributed by atoms with Crippen LogP contribution in [0.1, 0.15) is 43.1 Å². The van der Waals surface area contributed by atoms with Gasteiger partial charge in [-0.25, -0.2) is 13.1 Å². The van der Waals surface area contributed by atoms with E-state index in [9.17, 15) is 13.2 Å². The first kappa shape index (κ1) is 29.7. The summed E-state index contributed by atoms with van der Waals surface area (Å²) in [5, 5.41) is 11.2. The molecule has 1 aromatic heterocycles. The number of amides is 1. The summed E-state index contributed by atoms with van der Waals surface area (Å²) in [4.78, 5) is 14.9. The number of nitrogens with zero attached hydrogens (tertiary/aromatic N) is 5. The quantitative estimate of drug-likeness (QED) is 0.357. The number of fused-ring (bicyclic) bond motifs is 1. The molecule has 0 radical (unpaired) electrons. The number of ether oxygens (including phenoxy) is 1. The molecule has 218 valence electrons. The number of carbonyl (C=O) groups excluding carboxylic acids is 1. The topological polar surface area (TPSA) is 110 Å². The van der Waals surface area contributed by atoms with Crippen molar-refractivity contribution in [2.24, 2.45) is 0 Å². The van der Waals surface area contributed by atoms with Gasteiger partial charge in [-0.05, 0) is 44.7 Å². The monoisotopic (exact) mass is 638 g/mol. The molecule has 0 saturated carbocycles. The molecule has 2 aromatic carbocycles. The van der Waals surface area contributed by atoms with Crippen molar-refractivity contribution in [3.8, 4) is 5.75 Å². The highest BCUT2D eigenvalue weighted by molar-refractivity contribution is 7.89. The molecule has 3 heterocycles. The second-order valence-corrected chi connectivity index (χ2v) is 13.3. The van der Waals surface area contributed by atoms with Crippen molar-refractivity contribution in [3.63, 3.8) is 0 Å². The summed E-state index contributed by atoms with van der Waals surface area (Å²) in [5.74, 6) is 0.289. The summed E-state index contributed by atoms with van der Waals surface area (Å²) in [6.45, 7) is 5.62. The Hall–Kier alpha value is -2.83. The van der Waals surface area contributed by atoms with Crippen molar-refractivity contribution in [1.82, 2.24) is 29.5 Å². The predicted octanol–water partition coefficient (Wildman–Crippen LogP) is 4.65. The molecule has 3 aromatic rings. The molecule has 0 aliphatic carbocycles. The van der Waals surface area contributed by atoms with Crippen molar-refractivity contribution in [2.45, 2.75) is 56.3 Å². The zero-order chi connectivity index (χ0) is 29.5. The van der Waals surface area contributed by atoms with Gasteiger partial charge in [0.25, 0.3) is 10.0 Å². The highest BCUT2D eigenvalue weighted by Crippen LogP contribution is 2.36. The number of benzene rings is 2. The number of nitrogens with one attached hydrogen (secondary N) is 1. The highest BCUT2D eigenvalue weighted by Gasteiger charge is 2.38. The minimum absolute atomic E-state index is 0.0229. The van der Waals surface area contributed by atoms with E-state index in [1.54, 1.807) is 10.9 Å². The predicted molar refractivity (Wildman–Crippen MR) is 157 cm³/mol. The lowest BCUT2D eigenvalue weighted by molar-refractivity contribution is -0.124. The lowest BCUT2D eigenvalue weighted by Gasteiger charge is -2.31. The first-order chi connectivity index (χ1) is 19.5. The highest BCUT2D eigenvalue weighted by atomic mass is 35.5. The van der Waals surface area contributed by atoms with Gasteiger partial charge in [-0.1, -0.05) is 52.1 Å². The maximum Gasteiger partial charge on any atom is 0.266 e. The molecule has 1 amide bonds. The molecule has 41 heavy (non-hydrogen) atoms. The van der Waals surface area contributed by atoms with E-state index in [0.29, 0.717) is 24.8 Å². The van der Waals surface area contributed by atoms with Crippen LogP contribution < -0.4 is 10.1 Å². The molecule has 1 N–H and O–H groups in total. The van der Waals surface area contributed by atoms with Gasteiger partial charge < -0.3 is 10.1 Å². The molecular weight excluding hydrogens is 611 g/mol. The Balaban J connectivity index is 1.39. The number of rotatable bonds is 8. The number of sulfonamides is 1. The molecule has 2 aliphatic heterocycles. The van der Waals surface area contributed by atoms with E-state index in [2.05, 4.69) is 59.6 Å². The van der Waals surface area contributed by atoms with E-state index < -0.39 is 22.0 Å². The molecule has 0 fully saturated rings. The largest absolute Gasteiger partial charge is 0.493 e. The molecule has 0 spiro atoms. The van der Waals surface area contributed by atoms with Crippen LogP contribution in [-0.2, 0) is 27.8 Å². The minimum Gasteiger partial charge on any atom is -0.493 e. The van der Waals surface area contributed by atoms with Crippen molar-refractivity contribution in [1.29, 1.82) is 0 Å². The summed E-state index contributed by atoms with van der Waals surface area (Å²) in [6, 6.07) is 7.80. The fraction of sp³-hybridized carbons (Fsp3) is 0.370. The Morgan fingerprint density at radius 3 is 2.66 bits per heavy atom. The van der Waals surface area contributed by atoms with E-state index in [0.717, 1.165) is 27.7 Å². The SMILES string of the molecule is CC(C)N(C)Cc1ccc2c(c1)OCCC2n1cc(CC2C(=O)NC=CN2S(=O)(=O)c2cc(Cl)c(Cl)cc2Cl)nn1. The van der Waals surface area contributed by atoms with Crippen LogP contribution >= 0.6 is 34.8 Å². The van der Waals surface area contributed by atoms with Gasteiger partial charge in [0, 0.05) is 49.6 Å². The lowest BCUT2D eigenvalue weighted by Crippen LogP contribution is -2.50. The Morgan fingerprint density at radius 1 is 1.15 bits per heavy atom. The maximum atomic E-state index is 13.6. The van der Waals surface area contributed by atoms with Gasteiger partial charge >= 0.3 is 0 Å². The molecular formula is C27H29Cl3N6O4S. The summed E-state index contributed by atoms with van der Waals surface area (Å²) in [6.07, 6.45) is 4.93. The Morgan fingerprint density at radius 2 is 1.90 bits per heavy atom. The Kier molecular flexibility index (Phi) is 8.54. The van der Waals surface area contributed by atoms with Crippen LogP contribution in [0.4, 0.5) is 0 Å². The summed E-state index contributed by atoms with van der Waals surface area (Å²) < 4.78 is 35.8. The van der Waals surface area contributed by atoms with Gasteiger partial charge in [0.1, 0.15) is 16.7 Å². The van der Waals surface area contributed by atoms with Crippen molar-refractivity contribution >= 4 is 50.7 Å². The number of aromatic nitrogens is 3. The molecule has 0 saturated heterocycles. The zero-order valence-electron chi connectivity index (χ0n) is 22.6. The maximum absolute atomic E-state index is 13.6. The number of hydrogen-bond donors (Lipinski definition) is 1. The van der Waals surface area contributed by atoms with Gasteiger partial charge in [-0.15, -0.1) is 5.10 Å². The second-order valence-electron chi connectivity index (χ2n) is 10.3. The molecule has 2 unspecified atom stereocenters. The van der Waals surface area contributed by atoms with Crippen molar-refractivity contribution < 1.29 is 17.9 Å². The molecule has 0 bridgehead atoms. The van der Waals surface area contributed by atoms with Gasteiger partial charge in [-0.2, -0.15) is 0 Å². The van der Waals surface area contributed by atoms with E-state index in [1.807, 2.05) is 0 Å². The van der Waals surface area contributed by atoms with Crippen LogP contribution in [-0.4, -0.2) is 64.3 Å². The molecule has 10 nitrogen and oxygen atoms in total. The van der Waals surface area contributed by atoms with Gasteiger partial charge in [0.05, 0.1) is 33.4 Å². The lowest BCUT2D eigenvalue weighted by atomic mass is 9.98. The molecule has 2 atom stereocenters. The third kappa shape index (κ3) is 6.05. The summed E-state index contributed by atoms with van der Waals surface area (Å²) in [5.41, 5.74) is 2.59. The van der Waals surface area contributed by atoms with Crippen LogP contribution in [0.15, 0.2) is 53.8 Å². The second kappa shape index (κ2) is 11.8. The standard InChI is InChI=1S/C27H29Cl3N6O4S/c1-16(2)34(3)14-17-4-5-19-23(6-9-40-25(19)10-17)35-15-18(32-33-35)11-24-27(37)31-7-8-36(24)41(38,39)26-13-21(29)20(28)12-22(26)30/h4-5,7-8,10,12-13,15-16,23-24H,6,9,11,14H2,1-3H3,(H,31,37). The number of halogens is 3. The van der Waals surface area contributed by atoms with Crippen molar-refractivity contribution in [2.75, 3.05) is 13.7 Å². The molecule has 2 aliphatic rings. The van der Waals surface area contributed by atoms with Crippen LogP contribution in [0.3, 0.4) is 0 Å².